The summed E-state index contributed by atoms with van der Waals surface area (Å²) in [6.07, 6.45) is 3.31. The minimum Gasteiger partial charge on any atom is -0.497 e. The standard InChI is InChI=1S/C21H22N2O3S/c1-23-19-9-7-16(27(24,25)15-5-3-4-14(11-15)26-2)12-17(19)21-18-8-6-13(22-18)10-20(21)23/h3-5,7,9,11-13,18,22H,6,8,10H2,1-2H3. The van der Waals surface area contributed by atoms with Gasteiger partial charge < -0.3 is 14.6 Å². The summed E-state index contributed by atoms with van der Waals surface area (Å²) in [6, 6.07) is 13.0. The van der Waals surface area contributed by atoms with Crippen LogP contribution in [0.5, 0.6) is 5.75 Å². The van der Waals surface area contributed by atoms with E-state index in [-0.39, 0.29) is 4.90 Å². The van der Waals surface area contributed by atoms with Gasteiger partial charge in [-0.15, -0.1) is 0 Å². The minimum absolute atomic E-state index is 0.255. The lowest BCUT2D eigenvalue weighted by Gasteiger charge is -2.23. The molecule has 2 bridgehead atoms. The Morgan fingerprint density at radius 1 is 1.11 bits per heavy atom. The molecule has 5 rings (SSSR count). The average Bonchev–Trinajstić information content (AvgIpc) is 3.20. The van der Waals surface area contributed by atoms with E-state index in [4.69, 9.17) is 4.74 Å². The van der Waals surface area contributed by atoms with E-state index >= 15 is 0 Å². The van der Waals surface area contributed by atoms with Gasteiger partial charge >= 0.3 is 0 Å². The molecule has 0 saturated carbocycles. The lowest BCUT2D eigenvalue weighted by Crippen LogP contribution is -2.32. The van der Waals surface area contributed by atoms with Crippen molar-refractivity contribution in [3.63, 3.8) is 0 Å². The lowest BCUT2D eigenvalue weighted by molar-refractivity contribution is 0.413. The molecular formula is C21H22N2O3S. The third-order valence-electron chi connectivity index (χ3n) is 6.03. The number of benzene rings is 2. The predicted octanol–water partition coefficient (Wildman–Crippen LogP) is 3.37. The first-order chi connectivity index (χ1) is 13.0. The van der Waals surface area contributed by atoms with E-state index in [2.05, 4.69) is 16.9 Å². The second kappa shape index (κ2) is 5.84. The van der Waals surface area contributed by atoms with E-state index in [1.54, 1.807) is 30.3 Å². The molecule has 0 spiro atoms. The predicted molar refractivity (Wildman–Crippen MR) is 104 cm³/mol. The molecule has 1 fully saturated rings. The number of fused-ring (bicyclic) bond motifs is 6. The number of aromatic nitrogens is 1. The number of hydrogen-bond donors (Lipinski definition) is 1. The lowest BCUT2D eigenvalue weighted by atomic mass is 9.99. The van der Waals surface area contributed by atoms with Crippen molar-refractivity contribution in [2.75, 3.05) is 7.11 Å². The fourth-order valence-corrected chi connectivity index (χ4v) is 5.97. The molecule has 1 N–H and O–H groups in total. The number of rotatable bonds is 3. The van der Waals surface area contributed by atoms with Gasteiger partial charge in [0.2, 0.25) is 9.84 Å². The summed E-state index contributed by atoms with van der Waals surface area (Å²) in [7, 11) is 0.0193. The van der Waals surface area contributed by atoms with Crippen LogP contribution < -0.4 is 10.1 Å². The van der Waals surface area contributed by atoms with Crippen molar-refractivity contribution in [2.24, 2.45) is 7.05 Å². The minimum atomic E-state index is -3.60. The molecule has 2 aliphatic rings. The monoisotopic (exact) mass is 382 g/mol. The maximum Gasteiger partial charge on any atom is 0.206 e. The Kier molecular flexibility index (Phi) is 3.64. The molecule has 140 valence electrons. The molecule has 0 aliphatic carbocycles. The topological polar surface area (TPSA) is 60.3 Å². The second-order valence-electron chi connectivity index (χ2n) is 7.48. The van der Waals surface area contributed by atoms with E-state index in [0.717, 1.165) is 23.7 Å². The van der Waals surface area contributed by atoms with Crippen molar-refractivity contribution in [2.45, 2.75) is 41.1 Å². The van der Waals surface area contributed by atoms with Gasteiger partial charge in [-0.3, -0.25) is 0 Å². The Morgan fingerprint density at radius 2 is 1.93 bits per heavy atom. The quantitative estimate of drug-likeness (QED) is 0.755. The van der Waals surface area contributed by atoms with E-state index in [0.29, 0.717) is 22.7 Å². The molecule has 2 aliphatic heterocycles. The second-order valence-corrected chi connectivity index (χ2v) is 9.43. The Morgan fingerprint density at radius 3 is 2.74 bits per heavy atom. The van der Waals surface area contributed by atoms with Crippen LogP contribution in [0.25, 0.3) is 10.9 Å². The van der Waals surface area contributed by atoms with E-state index < -0.39 is 9.84 Å². The number of hydrogen-bond acceptors (Lipinski definition) is 4. The highest BCUT2D eigenvalue weighted by Crippen LogP contribution is 2.42. The van der Waals surface area contributed by atoms with Crippen molar-refractivity contribution in [1.82, 2.24) is 9.88 Å². The summed E-state index contributed by atoms with van der Waals surface area (Å²) in [6.45, 7) is 0. The first-order valence-corrected chi connectivity index (χ1v) is 10.7. The molecule has 3 aromatic rings. The van der Waals surface area contributed by atoms with Crippen LogP contribution >= 0.6 is 0 Å². The van der Waals surface area contributed by atoms with Gasteiger partial charge in [0.05, 0.1) is 16.9 Å². The van der Waals surface area contributed by atoms with Gasteiger partial charge in [0.25, 0.3) is 0 Å². The molecular weight excluding hydrogens is 360 g/mol. The number of nitrogens with one attached hydrogen (secondary N) is 1. The van der Waals surface area contributed by atoms with Crippen LogP contribution in [-0.4, -0.2) is 26.1 Å². The maximum absolute atomic E-state index is 13.2. The molecule has 2 atom stereocenters. The molecule has 2 unspecified atom stereocenters. The summed E-state index contributed by atoms with van der Waals surface area (Å²) >= 11 is 0. The largest absolute Gasteiger partial charge is 0.497 e. The summed E-state index contributed by atoms with van der Waals surface area (Å²) in [5.74, 6) is 0.537. The highest BCUT2D eigenvalue weighted by atomic mass is 32.2. The number of aryl methyl sites for hydroxylation is 1. The highest BCUT2D eigenvalue weighted by Gasteiger charge is 2.36. The zero-order valence-electron chi connectivity index (χ0n) is 15.4. The van der Waals surface area contributed by atoms with Gasteiger partial charge in [-0.05, 0) is 54.8 Å². The average molecular weight is 382 g/mol. The molecule has 6 heteroatoms. The highest BCUT2D eigenvalue weighted by molar-refractivity contribution is 7.91. The normalized spacial score (nSPS) is 21.4. The van der Waals surface area contributed by atoms with Crippen LogP contribution in [0.2, 0.25) is 0 Å². The maximum atomic E-state index is 13.2. The third-order valence-corrected chi connectivity index (χ3v) is 7.78. The van der Waals surface area contributed by atoms with Crippen molar-refractivity contribution < 1.29 is 13.2 Å². The SMILES string of the molecule is COc1cccc(S(=O)(=O)c2ccc3c(c2)c2c(n3C)CC3CCC2N3)c1. The van der Waals surface area contributed by atoms with Gasteiger partial charge in [0.15, 0.2) is 0 Å². The van der Waals surface area contributed by atoms with Crippen molar-refractivity contribution in [3.8, 4) is 5.75 Å². The number of methoxy groups -OCH3 is 1. The summed E-state index contributed by atoms with van der Waals surface area (Å²) in [4.78, 5) is 0.585. The first-order valence-electron chi connectivity index (χ1n) is 9.25. The van der Waals surface area contributed by atoms with Gasteiger partial charge in [-0.25, -0.2) is 8.42 Å². The van der Waals surface area contributed by atoms with Gasteiger partial charge in [0, 0.05) is 42.1 Å². The van der Waals surface area contributed by atoms with E-state index in [9.17, 15) is 8.42 Å². The number of sulfone groups is 1. The van der Waals surface area contributed by atoms with Gasteiger partial charge in [-0.1, -0.05) is 6.07 Å². The Hall–Kier alpha value is -2.31. The Labute approximate surface area is 158 Å². The van der Waals surface area contributed by atoms with Crippen LogP contribution in [0.1, 0.15) is 30.1 Å². The molecule has 2 aromatic carbocycles. The first kappa shape index (κ1) is 16.8. The van der Waals surface area contributed by atoms with E-state index in [1.807, 2.05) is 12.1 Å². The Balaban J connectivity index is 1.69. The number of nitrogens with zero attached hydrogens (tertiary/aromatic N) is 1. The van der Waals surface area contributed by atoms with Crippen LogP contribution in [-0.2, 0) is 23.3 Å². The Bertz CT molecular complexity index is 1160. The number of ether oxygens (including phenoxy) is 1. The molecule has 1 saturated heterocycles. The van der Waals surface area contributed by atoms with Crippen molar-refractivity contribution in [1.29, 1.82) is 0 Å². The summed E-state index contributed by atoms with van der Waals surface area (Å²) < 4.78 is 33.8. The molecule has 0 radical (unpaired) electrons. The van der Waals surface area contributed by atoms with Crippen LogP contribution in [0, 0.1) is 0 Å². The van der Waals surface area contributed by atoms with Gasteiger partial charge in [-0.2, -0.15) is 0 Å². The molecule has 5 nitrogen and oxygen atoms in total. The van der Waals surface area contributed by atoms with E-state index in [1.165, 1.54) is 24.8 Å². The fourth-order valence-electron chi connectivity index (χ4n) is 4.65. The van der Waals surface area contributed by atoms with Crippen LogP contribution in [0.4, 0.5) is 0 Å². The molecule has 27 heavy (non-hydrogen) atoms. The molecule has 3 heterocycles. The molecule has 0 amide bonds. The summed E-state index contributed by atoms with van der Waals surface area (Å²) in [5, 5.41) is 4.73. The summed E-state index contributed by atoms with van der Waals surface area (Å²) in [5.41, 5.74) is 3.72. The zero-order chi connectivity index (χ0) is 18.8. The molecule has 1 aromatic heterocycles. The van der Waals surface area contributed by atoms with Crippen molar-refractivity contribution in [3.05, 3.63) is 53.7 Å². The zero-order valence-corrected chi connectivity index (χ0v) is 16.2. The third kappa shape index (κ3) is 2.43. The van der Waals surface area contributed by atoms with Crippen LogP contribution in [0.15, 0.2) is 52.3 Å². The van der Waals surface area contributed by atoms with Crippen molar-refractivity contribution >= 4 is 20.7 Å². The van der Waals surface area contributed by atoms with Crippen LogP contribution in [0.3, 0.4) is 0 Å². The smallest absolute Gasteiger partial charge is 0.206 e. The van der Waals surface area contributed by atoms with Gasteiger partial charge in [0.1, 0.15) is 5.75 Å². The fraction of sp³-hybridized carbons (Fsp3) is 0.333.